The maximum absolute atomic E-state index is 12.5. The molecule has 2 aromatic heterocycles. The SMILES string of the molecule is Cc1nn(-c2ccc(Cl)cc2)c([O-])c1N=Nc1cc(S(N)(=O)=O)ccc1[O-].Cc1nn(-c2ccc(Cl)cc2)c([O-])c1N=Nc1cc(S(N)(=O)=O)ccc1[O-].[Cr+3].[Na+]. The van der Waals surface area contributed by atoms with E-state index in [9.17, 15) is 37.3 Å². The Morgan fingerprint density at radius 3 is 1.20 bits per heavy atom. The molecular formula is C32H24Cl2CrN10NaO8S2. The second kappa shape index (κ2) is 18.7. The van der Waals surface area contributed by atoms with Crippen molar-refractivity contribution in [3.63, 3.8) is 0 Å². The monoisotopic (exact) mass is 885 g/mol. The number of primary sulfonamides is 2. The largest absolute Gasteiger partial charge is 3.00 e. The van der Waals surface area contributed by atoms with Gasteiger partial charge in [0.05, 0.1) is 43.9 Å². The Morgan fingerprint density at radius 1 is 0.571 bits per heavy atom. The summed E-state index contributed by atoms with van der Waals surface area (Å²) in [4.78, 5) is -0.570. The van der Waals surface area contributed by atoms with Crippen LogP contribution in [-0.4, -0.2) is 36.4 Å². The summed E-state index contributed by atoms with van der Waals surface area (Å²) in [6.07, 6.45) is 0. The van der Waals surface area contributed by atoms with E-state index in [2.05, 4.69) is 30.7 Å². The summed E-state index contributed by atoms with van der Waals surface area (Å²) >= 11 is 11.7. The molecule has 0 saturated heterocycles. The van der Waals surface area contributed by atoms with Gasteiger partial charge in [0.15, 0.2) is 0 Å². The van der Waals surface area contributed by atoms with Crippen LogP contribution < -0.4 is 60.3 Å². The number of nitrogens with two attached hydrogens (primary N) is 2. The number of rotatable bonds is 8. The summed E-state index contributed by atoms with van der Waals surface area (Å²) in [5.74, 6) is -2.23. The van der Waals surface area contributed by atoms with Gasteiger partial charge in [0.1, 0.15) is 11.4 Å². The van der Waals surface area contributed by atoms with Crippen LogP contribution in [0.5, 0.6) is 23.3 Å². The maximum atomic E-state index is 12.5. The normalized spacial score (nSPS) is 11.5. The minimum atomic E-state index is -4.01. The van der Waals surface area contributed by atoms with Crippen LogP contribution in [0.4, 0.5) is 22.7 Å². The Labute approximate surface area is 362 Å². The van der Waals surface area contributed by atoms with E-state index in [-0.39, 0.29) is 90.8 Å². The quantitative estimate of drug-likeness (QED) is 0.162. The minimum Gasteiger partial charge on any atom is -0.871 e. The third-order valence-electron chi connectivity index (χ3n) is 7.15. The van der Waals surface area contributed by atoms with Gasteiger partial charge in [0.2, 0.25) is 20.0 Å². The van der Waals surface area contributed by atoms with Gasteiger partial charge in [-0.05, 0) is 86.6 Å². The number of hydrogen-bond donors (Lipinski definition) is 2. The molecule has 2 heterocycles. The standard InChI is InChI=1S/2C16H14ClN5O4S.Cr.Na/c2*1-9-15(16(24)22(21-9)11-4-2-10(17)3-5-11)20-19-13-8-12(27(18,25)26)6-7-14(13)23;;/h2*2-8,23-24H,1H3,(H2,18,25,26);;/q;;+3;+1/p-4. The predicted molar refractivity (Wildman–Crippen MR) is 188 cm³/mol. The van der Waals surface area contributed by atoms with E-state index in [1.54, 1.807) is 62.4 Å². The Kier molecular flexibility index (Phi) is 15.4. The van der Waals surface area contributed by atoms with Crippen molar-refractivity contribution >= 4 is 66.0 Å². The Balaban J connectivity index is 0.000000290. The van der Waals surface area contributed by atoms with Crippen LogP contribution in [0.3, 0.4) is 0 Å². The molecule has 1 radical (unpaired) electrons. The molecule has 6 rings (SSSR count). The van der Waals surface area contributed by atoms with Gasteiger partial charge < -0.3 is 20.4 Å². The smallest absolute Gasteiger partial charge is 0.871 e. The topological polar surface area (TPSA) is 298 Å². The van der Waals surface area contributed by atoms with Gasteiger partial charge in [-0.2, -0.15) is 20.4 Å². The van der Waals surface area contributed by atoms with Crippen LogP contribution in [0.25, 0.3) is 11.4 Å². The summed E-state index contributed by atoms with van der Waals surface area (Å²) in [7, 11) is -8.01. The first-order chi connectivity index (χ1) is 25.3. The number of sulfonamides is 2. The molecule has 0 aliphatic rings. The van der Waals surface area contributed by atoms with E-state index < -0.39 is 43.3 Å². The molecule has 0 aliphatic carbocycles. The Bertz CT molecular complexity index is 2480. The molecule has 4 N–H and O–H groups in total. The number of aromatic nitrogens is 4. The average molecular weight is 887 g/mol. The van der Waals surface area contributed by atoms with Crippen molar-refractivity contribution in [2.24, 2.45) is 30.7 Å². The molecule has 24 heteroatoms. The number of halogens is 2. The van der Waals surface area contributed by atoms with Gasteiger partial charge in [0, 0.05) is 21.8 Å². The van der Waals surface area contributed by atoms with Gasteiger partial charge in [-0.3, -0.25) is 0 Å². The van der Waals surface area contributed by atoms with Crippen LogP contribution >= 0.6 is 23.2 Å². The van der Waals surface area contributed by atoms with Crippen molar-refractivity contribution < 1.29 is 84.2 Å². The minimum absolute atomic E-state index is 0. The molecule has 0 fully saturated rings. The van der Waals surface area contributed by atoms with Gasteiger partial charge in [0.25, 0.3) is 0 Å². The molecule has 0 aliphatic heterocycles. The number of hydrogen-bond acceptors (Lipinski definition) is 14. The van der Waals surface area contributed by atoms with Crippen molar-refractivity contribution in [2.75, 3.05) is 0 Å². The van der Waals surface area contributed by atoms with E-state index in [1.165, 1.54) is 0 Å². The van der Waals surface area contributed by atoms with Crippen molar-refractivity contribution in [3.8, 4) is 34.6 Å². The molecule has 0 saturated carbocycles. The molecule has 0 atom stereocenters. The zero-order chi connectivity index (χ0) is 39.5. The summed E-state index contributed by atoms with van der Waals surface area (Å²) < 4.78 is 47.8. The Morgan fingerprint density at radius 2 is 0.893 bits per heavy atom. The second-order valence-electron chi connectivity index (χ2n) is 11.0. The number of aryl methyl sites for hydroxylation is 2. The molecule has 18 nitrogen and oxygen atoms in total. The maximum Gasteiger partial charge on any atom is 3.00 e. The van der Waals surface area contributed by atoms with Crippen LogP contribution in [0.15, 0.2) is 115 Å². The van der Waals surface area contributed by atoms with E-state index in [1.807, 2.05) is 0 Å². The Hall–Kier alpha value is -4.37. The number of azo groups is 2. The number of benzene rings is 4. The van der Waals surface area contributed by atoms with Crippen molar-refractivity contribution in [1.29, 1.82) is 0 Å². The molecule has 4 aromatic carbocycles. The van der Waals surface area contributed by atoms with E-state index in [0.29, 0.717) is 21.4 Å². The molecular weight excluding hydrogens is 862 g/mol. The average Bonchev–Trinajstić information content (AvgIpc) is 3.55. The zero-order valence-corrected chi connectivity index (χ0v) is 35.5. The first-order valence-electron chi connectivity index (χ1n) is 14.9. The van der Waals surface area contributed by atoms with Gasteiger partial charge in [-0.1, -0.05) is 46.8 Å². The second-order valence-corrected chi connectivity index (χ2v) is 15.0. The van der Waals surface area contributed by atoms with E-state index >= 15 is 0 Å². The molecule has 283 valence electrons. The van der Waals surface area contributed by atoms with Gasteiger partial charge in [-0.25, -0.2) is 36.5 Å². The van der Waals surface area contributed by atoms with Crippen molar-refractivity contribution in [3.05, 3.63) is 106 Å². The van der Waals surface area contributed by atoms with E-state index in [0.717, 1.165) is 45.8 Å². The molecule has 0 bridgehead atoms. The first kappa shape index (κ1) is 46.0. The third kappa shape index (κ3) is 10.9. The van der Waals surface area contributed by atoms with Crippen molar-refractivity contribution in [2.45, 2.75) is 23.6 Å². The van der Waals surface area contributed by atoms with Crippen LogP contribution in [0, 0.1) is 13.8 Å². The van der Waals surface area contributed by atoms with Crippen LogP contribution in [0.2, 0.25) is 10.0 Å². The molecule has 0 spiro atoms. The van der Waals surface area contributed by atoms with Crippen LogP contribution in [-0.2, 0) is 37.4 Å². The predicted octanol–water partition coefficient (Wildman–Crippen LogP) is 1.09. The van der Waals surface area contributed by atoms with Crippen LogP contribution in [0.1, 0.15) is 11.4 Å². The summed E-state index contributed by atoms with van der Waals surface area (Å²) in [6.45, 7) is 3.11. The molecule has 0 amide bonds. The van der Waals surface area contributed by atoms with E-state index in [4.69, 9.17) is 33.5 Å². The van der Waals surface area contributed by atoms with Gasteiger partial charge >= 0.3 is 46.9 Å². The van der Waals surface area contributed by atoms with Gasteiger partial charge in [-0.15, -0.1) is 10.2 Å². The molecule has 6 aromatic rings. The fraction of sp³-hybridized carbons (Fsp3) is 0.0625. The number of nitrogens with zero attached hydrogens (tertiary/aromatic N) is 8. The zero-order valence-electron chi connectivity index (χ0n) is 29.1. The summed E-state index contributed by atoms with van der Waals surface area (Å²) in [6, 6.07) is 19.0. The third-order valence-corrected chi connectivity index (χ3v) is 9.48. The fourth-order valence-corrected chi connectivity index (χ4v) is 5.77. The fourth-order valence-electron chi connectivity index (χ4n) is 4.45. The summed E-state index contributed by atoms with van der Waals surface area (Å²) in [5, 5.41) is 83.1. The van der Waals surface area contributed by atoms with Crippen molar-refractivity contribution in [1.82, 2.24) is 19.6 Å². The molecule has 0 unspecified atom stereocenters. The summed E-state index contributed by atoms with van der Waals surface area (Å²) in [5.41, 5.74) is 0.849. The first-order valence-corrected chi connectivity index (χ1v) is 18.7. The molecule has 56 heavy (non-hydrogen) atoms.